The van der Waals surface area contributed by atoms with Crippen LogP contribution in [-0.2, 0) is 4.79 Å². The van der Waals surface area contributed by atoms with E-state index in [9.17, 15) is 9.59 Å². The van der Waals surface area contributed by atoms with Crippen LogP contribution in [0.4, 0.5) is 5.69 Å². The highest BCUT2D eigenvalue weighted by molar-refractivity contribution is 7.99. The van der Waals surface area contributed by atoms with Crippen molar-refractivity contribution in [3.05, 3.63) is 47.7 Å². The second-order valence-electron chi connectivity index (χ2n) is 4.13. The van der Waals surface area contributed by atoms with Gasteiger partial charge in [-0.15, -0.1) is 0 Å². The van der Waals surface area contributed by atoms with Crippen LogP contribution in [0.1, 0.15) is 16.1 Å². The summed E-state index contributed by atoms with van der Waals surface area (Å²) >= 11 is 1.15. The van der Waals surface area contributed by atoms with Crippen molar-refractivity contribution in [3.8, 4) is 0 Å². The minimum absolute atomic E-state index is 0.133. The Morgan fingerprint density at radius 1 is 1.20 bits per heavy atom. The zero-order chi connectivity index (χ0) is 14.5. The fourth-order valence-corrected chi connectivity index (χ4v) is 2.14. The van der Waals surface area contributed by atoms with Crippen molar-refractivity contribution < 1.29 is 19.1 Å². The topological polar surface area (TPSA) is 79.5 Å². The fourth-order valence-electron chi connectivity index (χ4n) is 1.48. The Morgan fingerprint density at radius 2 is 1.90 bits per heavy atom. The number of benzene rings is 1. The molecule has 0 radical (unpaired) electrons. The number of thioether (sulfide) groups is 1. The van der Waals surface area contributed by atoms with Gasteiger partial charge in [-0.1, -0.05) is 29.5 Å². The highest BCUT2D eigenvalue weighted by Gasteiger charge is 2.11. The first-order valence-corrected chi connectivity index (χ1v) is 6.85. The Balaban J connectivity index is 1.85. The van der Waals surface area contributed by atoms with E-state index in [2.05, 4.69) is 5.32 Å². The predicted octanol–water partition coefficient (Wildman–Crippen LogP) is 3.02. The van der Waals surface area contributed by atoms with Crippen LogP contribution in [-0.4, -0.2) is 22.7 Å². The van der Waals surface area contributed by atoms with Crippen molar-refractivity contribution in [2.45, 2.75) is 12.0 Å². The molecule has 2 N–H and O–H groups in total. The average molecular weight is 291 g/mol. The first-order valence-electron chi connectivity index (χ1n) is 5.87. The van der Waals surface area contributed by atoms with Crippen molar-refractivity contribution in [2.75, 3.05) is 11.1 Å². The molecule has 0 saturated heterocycles. The van der Waals surface area contributed by atoms with Crippen LogP contribution in [0.2, 0.25) is 0 Å². The molecule has 0 spiro atoms. The van der Waals surface area contributed by atoms with E-state index in [1.807, 2.05) is 31.2 Å². The number of hydrogen-bond acceptors (Lipinski definition) is 4. The summed E-state index contributed by atoms with van der Waals surface area (Å²) in [5.41, 5.74) is 1.85. The van der Waals surface area contributed by atoms with Crippen LogP contribution in [0.3, 0.4) is 0 Å². The van der Waals surface area contributed by atoms with Gasteiger partial charge < -0.3 is 14.8 Å². The molecule has 104 valence electrons. The molecule has 2 aromatic rings. The Bertz CT molecular complexity index is 618. The van der Waals surface area contributed by atoms with Gasteiger partial charge in [-0.25, -0.2) is 4.79 Å². The van der Waals surface area contributed by atoms with E-state index < -0.39 is 5.97 Å². The average Bonchev–Trinajstić information content (AvgIpc) is 2.88. The van der Waals surface area contributed by atoms with Gasteiger partial charge in [-0.2, -0.15) is 0 Å². The van der Waals surface area contributed by atoms with Crippen LogP contribution in [0.25, 0.3) is 0 Å². The number of aromatic carboxylic acids is 1. The van der Waals surface area contributed by atoms with Crippen molar-refractivity contribution in [1.29, 1.82) is 0 Å². The molecule has 0 aliphatic carbocycles. The van der Waals surface area contributed by atoms with Crippen molar-refractivity contribution in [2.24, 2.45) is 0 Å². The Hall–Kier alpha value is -2.21. The Morgan fingerprint density at radius 3 is 2.50 bits per heavy atom. The number of nitrogens with one attached hydrogen (secondary N) is 1. The molecule has 2 rings (SSSR count). The summed E-state index contributed by atoms with van der Waals surface area (Å²) in [7, 11) is 0. The summed E-state index contributed by atoms with van der Waals surface area (Å²) in [5, 5.41) is 11.9. The number of carbonyl (C=O) groups excluding carboxylic acids is 1. The van der Waals surface area contributed by atoms with E-state index in [0.29, 0.717) is 5.09 Å². The van der Waals surface area contributed by atoms with Gasteiger partial charge in [-0.05, 0) is 31.2 Å². The summed E-state index contributed by atoms with van der Waals surface area (Å²) in [5.74, 6) is -1.28. The summed E-state index contributed by atoms with van der Waals surface area (Å²) in [6.07, 6.45) is 0. The maximum atomic E-state index is 11.7. The van der Waals surface area contributed by atoms with Gasteiger partial charge in [0.25, 0.3) is 0 Å². The molecule has 0 aliphatic rings. The Labute approximate surface area is 120 Å². The minimum Gasteiger partial charge on any atom is -0.475 e. The molecule has 1 aromatic carbocycles. The minimum atomic E-state index is -1.12. The third-order valence-electron chi connectivity index (χ3n) is 2.47. The molecule has 1 aromatic heterocycles. The molecule has 20 heavy (non-hydrogen) atoms. The highest BCUT2D eigenvalue weighted by atomic mass is 32.2. The standard InChI is InChI=1S/C14H13NO4S/c1-9-2-4-10(5-3-9)15-12(16)8-20-13-7-6-11(19-13)14(17)18/h2-7H,8H2,1H3,(H,15,16)(H,17,18). The van der Waals surface area contributed by atoms with Gasteiger partial charge in [0.05, 0.1) is 5.75 Å². The summed E-state index contributed by atoms with van der Waals surface area (Å²) in [6.45, 7) is 1.97. The monoisotopic (exact) mass is 291 g/mol. The number of furan rings is 1. The number of rotatable bonds is 5. The lowest BCUT2D eigenvalue weighted by Crippen LogP contribution is -2.13. The van der Waals surface area contributed by atoms with E-state index in [0.717, 1.165) is 23.0 Å². The van der Waals surface area contributed by atoms with Gasteiger partial charge in [0.1, 0.15) is 0 Å². The van der Waals surface area contributed by atoms with Gasteiger partial charge >= 0.3 is 5.97 Å². The molecule has 5 nitrogen and oxygen atoms in total. The maximum absolute atomic E-state index is 11.7. The summed E-state index contributed by atoms with van der Waals surface area (Å²) in [4.78, 5) is 22.4. The van der Waals surface area contributed by atoms with E-state index in [4.69, 9.17) is 9.52 Å². The third kappa shape index (κ3) is 3.89. The quantitative estimate of drug-likeness (QED) is 0.828. The molecule has 1 amide bonds. The Kier molecular flexibility index (Phi) is 4.47. The molecular formula is C14H13NO4S. The molecule has 1 heterocycles. The number of anilines is 1. The van der Waals surface area contributed by atoms with Gasteiger partial charge in [0.15, 0.2) is 5.09 Å². The maximum Gasteiger partial charge on any atom is 0.371 e. The molecule has 0 fully saturated rings. The zero-order valence-electron chi connectivity index (χ0n) is 10.8. The molecule has 0 unspecified atom stereocenters. The zero-order valence-corrected chi connectivity index (χ0v) is 11.6. The second-order valence-corrected chi connectivity index (χ2v) is 5.11. The highest BCUT2D eigenvalue weighted by Crippen LogP contribution is 2.21. The van der Waals surface area contributed by atoms with E-state index in [1.54, 1.807) is 0 Å². The molecule has 0 aliphatic heterocycles. The molecule has 6 heteroatoms. The van der Waals surface area contributed by atoms with E-state index in [-0.39, 0.29) is 17.4 Å². The summed E-state index contributed by atoms with van der Waals surface area (Å²) in [6, 6.07) is 10.4. The first-order chi connectivity index (χ1) is 9.54. The first kappa shape index (κ1) is 14.2. The molecule has 0 atom stereocenters. The number of aryl methyl sites for hydroxylation is 1. The van der Waals surface area contributed by atoms with Crippen molar-refractivity contribution in [3.63, 3.8) is 0 Å². The second kappa shape index (κ2) is 6.29. The third-order valence-corrected chi connectivity index (χ3v) is 3.38. The van der Waals surface area contributed by atoms with E-state index >= 15 is 0 Å². The van der Waals surface area contributed by atoms with Crippen LogP contribution >= 0.6 is 11.8 Å². The van der Waals surface area contributed by atoms with Gasteiger partial charge in [0.2, 0.25) is 11.7 Å². The predicted molar refractivity (Wildman–Crippen MR) is 76.2 cm³/mol. The van der Waals surface area contributed by atoms with Crippen molar-refractivity contribution in [1.82, 2.24) is 0 Å². The number of hydrogen-bond donors (Lipinski definition) is 2. The number of carboxylic acid groups (broad SMARTS) is 1. The number of amides is 1. The number of carboxylic acids is 1. The molecule has 0 saturated carbocycles. The van der Waals surface area contributed by atoms with Crippen LogP contribution in [0.5, 0.6) is 0 Å². The smallest absolute Gasteiger partial charge is 0.371 e. The largest absolute Gasteiger partial charge is 0.475 e. The van der Waals surface area contributed by atoms with Crippen LogP contribution in [0, 0.1) is 6.92 Å². The van der Waals surface area contributed by atoms with Crippen LogP contribution in [0.15, 0.2) is 45.9 Å². The van der Waals surface area contributed by atoms with Crippen LogP contribution < -0.4 is 5.32 Å². The molecular weight excluding hydrogens is 278 g/mol. The van der Waals surface area contributed by atoms with Crippen molar-refractivity contribution >= 4 is 29.3 Å². The lowest BCUT2D eigenvalue weighted by atomic mass is 10.2. The lowest BCUT2D eigenvalue weighted by molar-refractivity contribution is -0.113. The number of carbonyl (C=O) groups is 2. The lowest BCUT2D eigenvalue weighted by Gasteiger charge is -2.04. The normalized spacial score (nSPS) is 10.2. The fraction of sp³-hybridized carbons (Fsp3) is 0.143. The summed E-state index contributed by atoms with van der Waals surface area (Å²) < 4.78 is 5.04. The SMILES string of the molecule is Cc1ccc(NC(=O)CSc2ccc(C(=O)O)o2)cc1. The molecule has 0 bridgehead atoms. The van der Waals surface area contributed by atoms with E-state index in [1.165, 1.54) is 12.1 Å². The van der Waals surface area contributed by atoms with Gasteiger partial charge in [0, 0.05) is 5.69 Å². The van der Waals surface area contributed by atoms with Gasteiger partial charge in [-0.3, -0.25) is 4.79 Å².